The predicted molar refractivity (Wildman–Crippen MR) is 71.3 cm³/mol. The topological polar surface area (TPSA) is 84.1 Å². The summed E-state index contributed by atoms with van der Waals surface area (Å²) in [5.41, 5.74) is 0.380. The van der Waals surface area contributed by atoms with Crippen LogP contribution in [0.3, 0.4) is 0 Å². The Balaban J connectivity index is 3.00. The number of nitrogens with zero attached hydrogens (tertiary/aromatic N) is 3. The smallest absolute Gasteiger partial charge is 0.309 e. The van der Waals surface area contributed by atoms with Crippen molar-refractivity contribution >= 4 is 21.4 Å². The summed E-state index contributed by atoms with van der Waals surface area (Å²) in [6.07, 6.45) is 8.17. The van der Waals surface area contributed by atoms with E-state index in [0.717, 1.165) is 0 Å². The van der Waals surface area contributed by atoms with Crippen LogP contribution in [0.4, 0.5) is 0 Å². The zero-order valence-corrected chi connectivity index (χ0v) is 10.9. The highest BCUT2D eigenvalue weighted by molar-refractivity contribution is 7.90. The summed E-state index contributed by atoms with van der Waals surface area (Å²) in [5, 5.41) is 17.5. The van der Waals surface area contributed by atoms with Crippen molar-refractivity contribution in [2.24, 2.45) is 0 Å². The van der Waals surface area contributed by atoms with Gasteiger partial charge >= 0.3 is 5.70 Å². The van der Waals surface area contributed by atoms with Gasteiger partial charge < -0.3 is 5.41 Å². The second-order valence-corrected chi connectivity index (χ2v) is 5.92. The molecule has 96 valence electrons. The highest BCUT2D eigenvalue weighted by Crippen LogP contribution is 2.05. The van der Waals surface area contributed by atoms with Crippen molar-refractivity contribution in [3.8, 4) is 18.4 Å². The Morgan fingerprint density at radius 2 is 2.26 bits per heavy atom. The van der Waals surface area contributed by atoms with Crippen molar-refractivity contribution in [2.45, 2.75) is 12.2 Å². The fourth-order valence-corrected chi connectivity index (χ4v) is 2.68. The van der Waals surface area contributed by atoms with Gasteiger partial charge in [-0.3, -0.25) is 0 Å². The molecule has 0 saturated heterocycles. The highest BCUT2D eigenvalue weighted by atomic mass is 32.2. The van der Waals surface area contributed by atoms with E-state index in [4.69, 9.17) is 17.1 Å². The van der Waals surface area contributed by atoms with Gasteiger partial charge in [-0.25, -0.2) is 8.42 Å². The molecule has 19 heavy (non-hydrogen) atoms. The van der Waals surface area contributed by atoms with Gasteiger partial charge in [-0.2, -0.15) is 15.7 Å². The van der Waals surface area contributed by atoms with Gasteiger partial charge in [0, 0.05) is 18.1 Å². The van der Waals surface area contributed by atoms with Crippen LogP contribution in [-0.4, -0.2) is 20.0 Å². The monoisotopic (exact) mass is 273 g/mol. The third-order valence-electron chi connectivity index (χ3n) is 2.28. The average molecular weight is 273 g/mol. The predicted octanol–water partition coefficient (Wildman–Crippen LogP) is 0.516. The van der Waals surface area contributed by atoms with Gasteiger partial charge in [0.25, 0.3) is 0 Å². The van der Waals surface area contributed by atoms with Crippen molar-refractivity contribution < 1.29 is 13.0 Å². The molecule has 0 aromatic carbocycles. The molecule has 1 aromatic rings. The molecule has 0 spiro atoms. The second kappa shape index (κ2) is 6.51. The van der Waals surface area contributed by atoms with E-state index in [-0.39, 0.29) is 23.6 Å². The maximum Gasteiger partial charge on any atom is 0.309 e. The number of hydrogen-bond acceptors (Lipinski definition) is 3. The van der Waals surface area contributed by atoms with Crippen LogP contribution in [0.5, 0.6) is 0 Å². The van der Waals surface area contributed by atoms with Crippen molar-refractivity contribution in [3.05, 3.63) is 35.5 Å². The number of nitriles is 1. The van der Waals surface area contributed by atoms with Gasteiger partial charge in [0.05, 0.1) is 11.5 Å². The van der Waals surface area contributed by atoms with E-state index in [0.29, 0.717) is 5.56 Å². The summed E-state index contributed by atoms with van der Waals surface area (Å²) < 4.78 is 24.8. The highest BCUT2D eigenvalue weighted by Gasteiger charge is 2.15. The SMILES string of the molecule is C#CCCS(=O)(=O)Cc1ccc[n+](C(=C=[N-])C#N)c1. The van der Waals surface area contributed by atoms with Gasteiger partial charge in [0.1, 0.15) is 0 Å². The van der Waals surface area contributed by atoms with Crippen LogP contribution in [0.1, 0.15) is 12.0 Å². The first-order chi connectivity index (χ1) is 9.02. The third-order valence-corrected chi connectivity index (χ3v) is 3.88. The van der Waals surface area contributed by atoms with Gasteiger partial charge in [0.15, 0.2) is 28.3 Å². The van der Waals surface area contributed by atoms with Crippen LogP contribution in [0, 0.1) is 23.7 Å². The first kappa shape index (κ1) is 14.7. The van der Waals surface area contributed by atoms with E-state index in [1.54, 1.807) is 24.1 Å². The molecule has 0 atom stereocenters. The third kappa shape index (κ3) is 4.40. The lowest BCUT2D eigenvalue weighted by Gasteiger charge is -2.01. The summed E-state index contributed by atoms with van der Waals surface area (Å²) in [5.74, 6) is 3.77. The Morgan fingerprint density at radius 1 is 1.53 bits per heavy atom. The van der Waals surface area contributed by atoms with E-state index < -0.39 is 9.84 Å². The van der Waals surface area contributed by atoms with Crippen LogP contribution in [0.15, 0.2) is 24.5 Å². The molecule has 5 nitrogen and oxygen atoms in total. The minimum atomic E-state index is -3.28. The molecule has 0 saturated carbocycles. The number of hydrogen-bond donors (Lipinski definition) is 0. The quantitative estimate of drug-likeness (QED) is 0.339. The van der Waals surface area contributed by atoms with E-state index in [2.05, 4.69) is 5.92 Å². The Hall–Kier alpha value is -2.40. The summed E-state index contributed by atoms with van der Waals surface area (Å²) >= 11 is 0. The van der Waals surface area contributed by atoms with Crippen molar-refractivity contribution in [3.63, 3.8) is 0 Å². The van der Waals surface area contributed by atoms with Gasteiger partial charge in [-0.1, -0.05) is 0 Å². The van der Waals surface area contributed by atoms with E-state index in [9.17, 15) is 8.42 Å². The Kier molecular flexibility index (Phi) is 5.02. The Labute approximate surface area is 112 Å². The zero-order valence-electron chi connectivity index (χ0n) is 10.1. The molecule has 0 fully saturated rings. The first-order valence-corrected chi connectivity index (χ1v) is 7.16. The molecule has 1 heterocycles. The Bertz CT molecular complexity index is 702. The fraction of sp³-hybridized carbons (Fsp3) is 0.231. The minimum Gasteiger partial charge on any atom is -0.757 e. The molecule has 0 unspecified atom stereocenters. The normalized spacial score (nSPS) is 10.0. The zero-order chi connectivity index (χ0) is 14.3. The van der Waals surface area contributed by atoms with Crippen molar-refractivity contribution in [1.29, 1.82) is 5.26 Å². The van der Waals surface area contributed by atoms with Gasteiger partial charge in [-0.15, -0.1) is 12.3 Å². The lowest BCUT2D eigenvalue weighted by Crippen LogP contribution is -2.32. The molecule has 0 bridgehead atoms. The molecule has 1 rings (SSSR count). The molecule has 0 aliphatic heterocycles. The number of rotatable bonds is 5. The maximum absolute atomic E-state index is 11.7. The standard InChI is InChI=1S/C13H11N3O2S/c1-2-3-7-19(17,18)11-12-5-4-6-16(10-12)13(8-14)9-15/h1,4-6,10H,3,7,11H2. The summed E-state index contributed by atoms with van der Waals surface area (Å²) in [6.45, 7) is 0. The van der Waals surface area contributed by atoms with Gasteiger partial charge in [0.2, 0.25) is 0 Å². The fourth-order valence-electron chi connectivity index (χ4n) is 1.43. The molecule has 1 aromatic heterocycles. The number of aromatic nitrogens is 1. The molecule has 0 N–H and O–H groups in total. The lowest BCUT2D eigenvalue weighted by atomic mass is 10.3. The second-order valence-electron chi connectivity index (χ2n) is 3.74. The first-order valence-electron chi connectivity index (χ1n) is 5.34. The van der Waals surface area contributed by atoms with Gasteiger partial charge in [-0.05, 0) is 6.07 Å². The number of pyridine rings is 1. The van der Waals surface area contributed by atoms with E-state index in [1.165, 1.54) is 17.0 Å². The van der Waals surface area contributed by atoms with Crippen LogP contribution >= 0.6 is 0 Å². The van der Waals surface area contributed by atoms with E-state index >= 15 is 0 Å². The minimum absolute atomic E-state index is 0.0779. The molecule has 0 aliphatic rings. The van der Waals surface area contributed by atoms with Crippen molar-refractivity contribution in [2.75, 3.05) is 5.75 Å². The summed E-state index contributed by atoms with van der Waals surface area (Å²) in [4.78, 5) is 0. The Morgan fingerprint density at radius 3 is 2.84 bits per heavy atom. The molecular weight excluding hydrogens is 262 g/mol. The number of allylic oxidation sites excluding steroid dienone is 1. The lowest BCUT2D eigenvalue weighted by molar-refractivity contribution is -0.576. The molecule has 0 amide bonds. The van der Waals surface area contributed by atoms with Crippen molar-refractivity contribution in [1.82, 2.24) is 0 Å². The summed E-state index contributed by atoms with van der Waals surface area (Å²) in [6, 6.07) is 4.94. The van der Waals surface area contributed by atoms with Crippen LogP contribution in [-0.2, 0) is 15.6 Å². The van der Waals surface area contributed by atoms with Crippen LogP contribution in [0.2, 0.25) is 0 Å². The average Bonchev–Trinajstić information content (AvgIpc) is 2.38. The van der Waals surface area contributed by atoms with Crippen LogP contribution < -0.4 is 4.57 Å². The molecule has 6 heteroatoms. The number of sulfone groups is 1. The van der Waals surface area contributed by atoms with E-state index in [1.807, 2.05) is 0 Å². The van der Waals surface area contributed by atoms with Crippen LogP contribution in [0.25, 0.3) is 11.1 Å². The molecule has 0 radical (unpaired) electrons. The molecule has 0 aliphatic carbocycles. The molecular formula is C13H11N3O2S. The number of terminal acetylenes is 1. The summed E-state index contributed by atoms with van der Waals surface area (Å²) in [7, 11) is -3.28. The maximum atomic E-state index is 11.7. The largest absolute Gasteiger partial charge is 0.757 e.